The van der Waals surface area contributed by atoms with Gasteiger partial charge >= 0.3 is 0 Å². The van der Waals surface area contributed by atoms with Gasteiger partial charge in [-0.25, -0.2) is 0 Å². The number of hydrogen-bond acceptors (Lipinski definition) is 4. The molecule has 1 aromatic carbocycles. The van der Waals surface area contributed by atoms with E-state index in [4.69, 9.17) is 9.73 Å². The number of aliphatic hydroxyl groups is 1. The van der Waals surface area contributed by atoms with Crippen molar-refractivity contribution in [2.75, 3.05) is 19.5 Å². The van der Waals surface area contributed by atoms with E-state index in [-0.39, 0.29) is 12.6 Å². The first-order chi connectivity index (χ1) is 12.6. The molecule has 1 aliphatic rings. The van der Waals surface area contributed by atoms with Crippen molar-refractivity contribution in [3.8, 4) is 0 Å². The van der Waals surface area contributed by atoms with Gasteiger partial charge in [-0.3, -0.25) is 4.99 Å². The first-order valence-electron chi connectivity index (χ1n) is 8.88. The average molecular weight is 374 g/mol. The smallest absolute Gasteiger partial charge is 0.160 e. The van der Waals surface area contributed by atoms with E-state index in [1.165, 1.54) is 0 Å². The highest BCUT2D eigenvalue weighted by Crippen LogP contribution is 2.30. The van der Waals surface area contributed by atoms with Crippen LogP contribution in [0.4, 0.5) is 0 Å². The van der Waals surface area contributed by atoms with Crippen LogP contribution < -0.4 is 0 Å². The molecule has 0 saturated heterocycles. The Hall–Kier alpha value is -1.82. The Balaban J connectivity index is 2.61. The summed E-state index contributed by atoms with van der Waals surface area (Å²) in [6, 6.07) is 9.83. The molecule has 4 nitrogen and oxygen atoms in total. The molecule has 140 valence electrons. The molecular weight excluding hydrogens is 346 g/mol. The van der Waals surface area contributed by atoms with Gasteiger partial charge in [0.1, 0.15) is 11.5 Å². The highest BCUT2D eigenvalue weighted by atomic mass is 32.2. The highest BCUT2D eigenvalue weighted by Gasteiger charge is 2.31. The van der Waals surface area contributed by atoms with Crippen LogP contribution in [0.1, 0.15) is 31.7 Å². The van der Waals surface area contributed by atoms with Crippen LogP contribution in [0.3, 0.4) is 0 Å². The molecule has 5 heteroatoms. The first-order valence-corrected chi connectivity index (χ1v) is 10.2. The maximum atomic E-state index is 13.0. The zero-order valence-electron chi connectivity index (χ0n) is 15.5. The molecule has 0 bridgehead atoms. The lowest BCUT2D eigenvalue weighted by Gasteiger charge is -2.15. The van der Waals surface area contributed by atoms with E-state index in [0.29, 0.717) is 22.0 Å². The van der Waals surface area contributed by atoms with Crippen LogP contribution in [-0.4, -0.2) is 40.9 Å². The minimum Gasteiger partial charge on any atom is -0.611 e. The zero-order valence-corrected chi connectivity index (χ0v) is 16.3. The lowest BCUT2D eigenvalue weighted by Crippen LogP contribution is -2.19. The second-order valence-electron chi connectivity index (χ2n) is 6.13. The monoisotopic (exact) mass is 373 g/mol. The number of rotatable bonds is 7. The van der Waals surface area contributed by atoms with Crippen molar-refractivity contribution in [3.05, 3.63) is 70.9 Å². The van der Waals surface area contributed by atoms with Crippen LogP contribution in [0, 0.1) is 0 Å². The largest absolute Gasteiger partial charge is 0.611 e. The molecule has 0 aromatic heterocycles. The predicted octanol–water partition coefficient (Wildman–Crippen LogP) is 3.76. The summed E-state index contributed by atoms with van der Waals surface area (Å²) in [6.45, 7) is 5.83. The molecule has 2 rings (SSSR count). The molecule has 0 fully saturated rings. The van der Waals surface area contributed by atoms with E-state index in [1.807, 2.05) is 30.3 Å². The van der Waals surface area contributed by atoms with Gasteiger partial charge in [0.25, 0.3) is 0 Å². The van der Waals surface area contributed by atoms with Crippen molar-refractivity contribution < 1.29 is 14.4 Å². The van der Waals surface area contributed by atoms with Crippen molar-refractivity contribution in [2.24, 2.45) is 4.99 Å². The fourth-order valence-corrected chi connectivity index (χ4v) is 4.28. The minimum atomic E-state index is -1.25. The Labute approximate surface area is 159 Å². The second kappa shape index (κ2) is 10.4. The summed E-state index contributed by atoms with van der Waals surface area (Å²) in [5, 5.41) is 9.47. The Morgan fingerprint density at radius 3 is 2.77 bits per heavy atom. The summed E-state index contributed by atoms with van der Waals surface area (Å²) in [4.78, 5) is 5.56. The molecule has 1 heterocycles. The topological polar surface area (TPSA) is 64.9 Å². The Kier molecular flexibility index (Phi) is 8.16. The van der Waals surface area contributed by atoms with Crippen LogP contribution in [0.5, 0.6) is 0 Å². The molecule has 1 aliphatic heterocycles. The summed E-state index contributed by atoms with van der Waals surface area (Å²) in [5.74, 6) is 0.912. The number of unbranched alkanes of at least 4 members (excludes halogenated alkanes) is 1. The molecule has 26 heavy (non-hydrogen) atoms. The molecule has 2 atom stereocenters. The summed E-state index contributed by atoms with van der Waals surface area (Å²) >= 11 is -1.25. The number of ether oxygens (including phenoxy) is 1. The fraction of sp³-hybridized carbons (Fsp3) is 0.381. The van der Waals surface area contributed by atoms with E-state index < -0.39 is 11.2 Å². The number of nitrogens with zero attached hydrogens (tertiary/aromatic N) is 1. The fourth-order valence-electron chi connectivity index (χ4n) is 2.85. The standard InChI is InChI=1S/C21H27NO3S/c1-4-5-11-18-15-26(24)20(12-13-23)19(14-16(2)25-3)21(22-18)17-9-7-6-8-10-17/h6-10,12,14,18,23H,2,4-5,11,13,15H2,1,3H3/b19-14+,20-12+/t18-,26?/m1/s1. The zero-order chi connectivity index (χ0) is 18.9. The molecule has 0 aliphatic carbocycles. The molecular formula is C21H27NO3S. The SMILES string of the molecule is C=C(/C=C1/C(c2ccccc2)=N[C@H](CCCC)C[S+]([O-])/C1=C/CO)OC. The van der Waals surface area contributed by atoms with Crippen LogP contribution >= 0.6 is 0 Å². The average Bonchev–Trinajstić information content (AvgIpc) is 2.78. The third-order valence-corrected chi connectivity index (χ3v) is 5.77. The normalized spacial score (nSPS) is 23.6. The van der Waals surface area contributed by atoms with Crippen molar-refractivity contribution >= 4 is 16.9 Å². The quantitative estimate of drug-likeness (QED) is 0.585. The van der Waals surface area contributed by atoms with Gasteiger partial charge < -0.3 is 14.4 Å². The number of allylic oxidation sites excluding steroid dienone is 2. The van der Waals surface area contributed by atoms with Crippen LogP contribution in [0.2, 0.25) is 0 Å². The van der Waals surface area contributed by atoms with Gasteiger partial charge in [-0.15, -0.1) is 0 Å². The lowest BCUT2D eigenvalue weighted by atomic mass is 10.00. The van der Waals surface area contributed by atoms with Crippen LogP contribution in [0.15, 0.2) is 70.3 Å². The van der Waals surface area contributed by atoms with Gasteiger partial charge in [-0.2, -0.15) is 0 Å². The highest BCUT2D eigenvalue weighted by molar-refractivity contribution is 7.95. The van der Waals surface area contributed by atoms with Gasteiger partial charge in [-0.1, -0.05) is 56.7 Å². The number of methoxy groups -OCH3 is 1. The summed E-state index contributed by atoms with van der Waals surface area (Å²) < 4.78 is 18.2. The van der Waals surface area contributed by atoms with Gasteiger partial charge in [0, 0.05) is 5.56 Å². The molecule has 0 amide bonds. The van der Waals surface area contributed by atoms with Gasteiger partial charge in [-0.05, 0) is 29.7 Å². The van der Waals surface area contributed by atoms with E-state index in [9.17, 15) is 9.66 Å². The molecule has 1 aromatic rings. The van der Waals surface area contributed by atoms with Crippen molar-refractivity contribution in [3.63, 3.8) is 0 Å². The van der Waals surface area contributed by atoms with E-state index in [0.717, 1.165) is 30.5 Å². The second-order valence-corrected chi connectivity index (χ2v) is 7.60. The third kappa shape index (κ3) is 5.34. The molecule has 1 N–H and O–H groups in total. The predicted molar refractivity (Wildman–Crippen MR) is 109 cm³/mol. The van der Waals surface area contributed by atoms with Gasteiger partial charge in [0.05, 0.1) is 31.0 Å². The van der Waals surface area contributed by atoms with E-state index in [2.05, 4.69) is 13.5 Å². The first kappa shape index (κ1) is 20.5. The summed E-state index contributed by atoms with van der Waals surface area (Å²) in [6.07, 6.45) is 6.36. The van der Waals surface area contributed by atoms with Crippen LogP contribution in [-0.2, 0) is 15.9 Å². The Morgan fingerprint density at radius 2 is 2.15 bits per heavy atom. The maximum absolute atomic E-state index is 13.0. The molecule has 1 unspecified atom stereocenters. The van der Waals surface area contributed by atoms with E-state index in [1.54, 1.807) is 19.3 Å². The summed E-state index contributed by atoms with van der Waals surface area (Å²) in [7, 11) is 1.55. The number of aliphatic hydroxyl groups excluding tert-OH is 1. The molecule has 0 spiro atoms. The van der Waals surface area contributed by atoms with Crippen LogP contribution in [0.25, 0.3) is 0 Å². The van der Waals surface area contributed by atoms with Crippen molar-refractivity contribution in [1.82, 2.24) is 0 Å². The Morgan fingerprint density at radius 1 is 1.42 bits per heavy atom. The van der Waals surface area contributed by atoms with Gasteiger partial charge in [0.2, 0.25) is 0 Å². The Bertz CT molecular complexity index is 694. The van der Waals surface area contributed by atoms with Crippen molar-refractivity contribution in [2.45, 2.75) is 32.2 Å². The summed E-state index contributed by atoms with van der Waals surface area (Å²) in [5.41, 5.74) is 2.43. The number of hydrogen-bond donors (Lipinski definition) is 1. The minimum absolute atomic E-state index is 0.0187. The third-order valence-electron chi connectivity index (χ3n) is 4.20. The number of benzene rings is 1. The molecule has 0 saturated carbocycles. The lowest BCUT2D eigenvalue weighted by molar-refractivity contribution is 0.308. The maximum Gasteiger partial charge on any atom is 0.160 e. The van der Waals surface area contributed by atoms with Gasteiger partial charge in [0.15, 0.2) is 4.91 Å². The number of aliphatic imine (C=N–C) groups is 1. The van der Waals surface area contributed by atoms with E-state index >= 15 is 0 Å². The molecule has 0 radical (unpaired) electrons. The van der Waals surface area contributed by atoms with Crippen molar-refractivity contribution in [1.29, 1.82) is 0 Å².